The summed E-state index contributed by atoms with van der Waals surface area (Å²) >= 11 is 0. The van der Waals surface area contributed by atoms with E-state index in [9.17, 15) is 19.7 Å². The van der Waals surface area contributed by atoms with Crippen molar-refractivity contribution in [3.05, 3.63) is 51.8 Å². The predicted octanol–water partition coefficient (Wildman–Crippen LogP) is 3.55. The number of non-ortho nitro benzene ring substituents is 1. The van der Waals surface area contributed by atoms with Gasteiger partial charge in [0, 0.05) is 30.3 Å². The largest absolute Gasteiger partial charge is 0.360 e. The fourth-order valence-corrected chi connectivity index (χ4v) is 3.59. The Morgan fingerprint density at radius 3 is 2.52 bits per heavy atom. The van der Waals surface area contributed by atoms with Gasteiger partial charge in [-0.1, -0.05) is 24.4 Å². The lowest BCUT2D eigenvalue weighted by atomic mass is 9.89. The van der Waals surface area contributed by atoms with Crippen molar-refractivity contribution in [2.75, 3.05) is 18.4 Å². The number of nitrogens with zero attached hydrogens (tertiary/aromatic N) is 3. The number of benzene rings is 1. The maximum absolute atomic E-state index is 13.0. The summed E-state index contributed by atoms with van der Waals surface area (Å²) in [5.74, 6) is 0.517. The molecule has 9 nitrogen and oxygen atoms in total. The SMILES string of the molecule is Cc1cc(NC(=O)CN(CC2CCCCC2)C(=O)c2ccc([N+](=O)[O-])cc2)no1. The van der Waals surface area contributed by atoms with Gasteiger partial charge in [0.1, 0.15) is 12.3 Å². The second-order valence-corrected chi connectivity index (χ2v) is 7.36. The second kappa shape index (κ2) is 9.31. The van der Waals surface area contributed by atoms with Crippen molar-refractivity contribution in [2.24, 2.45) is 5.92 Å². The Morgan fingerprint density at radius 2 is 1.93 bits per heavy atom. The van der Waals surface area contributed by atoms with Gasteiger partial charge >= 0.3 is 0 Å². The molecule has 0 unspecified atom stereocenters. The molecule has 0 spiro atoms. The van der Waals surface area contributed by atoms with Crippen LogP contribution in [0.15, 0.2) is 34.9 Å². The Morgan fingerprint density at radius 1 is 1.24 bits per heavy atom. The van der Waals surface area contributed by atoms with E-state index in [1.807, 2.05) is 0 Å². The van der Waals surface area contributed by atoms with Crippen molar-refractivity contribution in [1.29, 1.82) is 0 Å². The summed E-state index contributed by atoms with van der Waals surface area (Å²) in [6, 6.07) is 7.04. The maximum Gasteiger partial charge on any atom is 0.269 e. The van der Waals surface area contributed by atoms with Gasteiger partial charge in [0.2, 0.25) is 5.91 Å². The van der Waals surface area contributed by atoms with E-state index >= 15 is 0 Å². The third-order valence-electron chi connectivity index (χ3n) is 5.05. The van der Waals surface area contributed by atoms with Gasteiger partial charge in [-0.3, -0.25) is 19.7 Å². The lowest BCUT2D eigenvalue weighted by Gasteiger charge is -2.29. The molecule has 1 aliphatic rings. The summed E-state index contributed by atoms with van der Waals surface area (Å²) in [5, 5.41) is 17.2. The van der Waals surface area contributed by atoms with Crippen LogP contribution in [0.2, 0.25) is 0 Å². The van der Waals surface area contributed by atoms with E-state index in [2.05, 4.69) is 10.5 Å². The molecule has 2 aromatic rings. The fraction of sp³-hybridized carbons (Fsp3) is 0.450. The number of aryl methyl sites for hydroxylation is 1. The van der Waals surface area contributed by atoms with Crippen molar-refractivity contribution >= 4 is 23.3 Å². The molecule has 2 amide bonds. The van der Waals surface area contributed by atoms with Crippen molar-refractivity contribution in [3.8, 4) is 0 Å². The van der Waals surface area contributed by atoms with Crippen LogP contribution in [0.25, 0.3) is 0 Å². The number of rotatable bonds is 7. The number of hydrogen-bond acceptors (Lipinski definition) is 6. The third-order valence-corrected chi connectivity index (χ3v) is 5.05. The summed E-state index contributed by atoms with van der Waals surface area (Å²) in [7, 11) is 0. The van der Waals surface area contributed by atoms with E-state index in [-0.39, 0.29) is 24.0 Å². The zero-order valence-electron chi connectivity index (χ0n) is 16.3. The molecule has 1 heterocycles. The van der Waals surface area contributed by atoms with E-state index < -0.39 is 4.92 Å². The van der Waals surface area contributed by atoms with Crippen LogP contribution in [0.5, 0.6) is 0 Å². The number of hydrogen-bond donors (Lipinski definition) is 1. The molecular formula is C20H24N4O5. The zero-order valence-corrected chi connectivity index (χ0v) is 16.3. The summed E-state index contributed by atoms with van der Waals surface area (Å²) in [6.07, 6.45) is 5.48. The monoisotopic (exact) mass is 400 g/mol. The first-order valence-electron chi connectivity index (χ1n) is 9.69. The predicted molar refractivity (Wildman–Crippen MR) is 105 cm³/mol. The number of anilines is 1. The van der Waals surface area contributed by atoms with Gasteiger partial charge < -0.3 is 14.7 Å². The van der Waals surface area contributed by atoms with Crippen LogP contribution in [-0.2, 0) is 4.79 Å². The molecule has 29 heavy (non-hydrogen) atoms. The van der Waals surface area contributed by atoms with Crippen LogP contribution in [0.1, 0.15) is 48.2 Å². The molecule has 0 bridgehead atoms. The van der Waals surface area contributed by atoms with E-state index in [0.29, 0.717) is 29.6 Å². The van der Waals surface area contributed by atoms with Crippen LogP contribution in [0.3, 0.4) is 0 Å². The molecule has 3 rings (SSSR count). The van der Waals surface area contributed by atoms with Gasteiger partial charge in [0.25, 0.3) is 11.6 Å². The lowest BCUT2D eigenvalue weighted by Crippen LogP contribution is -2.41. The maximum atomic E-state index is 13.0. The Labute approximate surface area is 168 Å². The average Bonchev–Trinajstić information content (AvgIpc) is 3.12. The van der Waals surface area contributed by atoms with Gasteiger partial charge in [0.15, 0.2) is 5.82 Å². The van der Waals surface area contributed by atoms with Crippen LogP contribution < -0.4 is 5.32 Å². The van der Waals surface area contributed by atoms with Crippen LogP contribution in [-0.4, -0.2) is 39.9 Å². The molecule has 9 heteroatoms. The molecule has 1 saturated carbocycles. The van der Waals surface area contributed by atoms with E-state index in [4.69, 9.17) is 4.52 Å². The second-order valence-electron chi connectivity index (χ2n) is 7.36. The Bertz CT molecular complexity index is 871. The standard InChI is InChI=1S/C20H24N4O5/c1-14-11-18(22-29-14)21-19(25)13-23(12-15-5-3-2-4-6-15)20(26)16-7-9-17(10-8-16)24(27)28/h7-11,15H,2-6,12-13H2,1H3,(H,21,22,25). The minimum atomic E-state index is -0.513. The highest BCUT2D eigenvalue weighted by molar-refractivity contribution is 5.99. The fourth-order valence-electron chi connectivity index (χ4n) is 3.59. The lowest BCUT2D eigenvalue weighted by molar-refractivity contribution is -0.384. The zero-order chi connectivity index (χ0) is 20.8. The van der Waals surface area contributed by atoms with E-state index in [0.717, 1.165) is 25.7 Å². The summed E-state index contributed by atoms with van der Waals surface area (Å²) < 4.78 is 4.94. The highest BCUT2D eigenvalue weighted by Crippen LogP contribution is 2.25. The number of nitro groups is 1. The minimum absolute atomic E-state index is 0.0838. The molecule has 1 N–H and O–H groups in total. The molecule has 0 aliphatic heterocycles. The molecule has 154 valence electrons. The van der Waals surface area contributed by atoms with Gasteiger partial charge in [-0.25, -0.2) is 0 Å². The Hall–Kier alpha value is -3.23. The first-order chi connectivity index (χ1) is 13.9. The molecule has 1 aromatic carbocycles. The van der Waals surface area contributed by atoms with Crippen molar-refractivity contribution in [3.63, 3.8) is 0 Å². The molecule has 0 atom stereocenters. The number of nitrogens with one attached hydrogen (secondary N) is 1. The summed E-state index contributed by atoms with van der Waals surface area (Å²) in [4.78, 5) is 37.4. The number of carbonyl (C=O) groups is 2. The van der Waals surface area contributed by atoms with Gasteiger partial charge in [-0.15, -0.1) is 0 Å². The van der Waals surface area contributed by atoms with E-state index in [1.54, 1.807) is 13.0 Å². The topological polar surface area (TPSA) is 119 Å². The highest BCUT2D eigenvalue weighted by Gasteiger charge is 2.24. The first-order valence-corrected chi connectivity index (χ1v) is 9.69. The number of aromatic nitrogens is 1. The molecule has 1 aromatic heterocycles. The highest BCUT2D eigenvalue weighted by atomic mass is 16.6. The van der Waals surface area contributed by atoms with Crippen LogP contribution >= 0.6 is 0 Å². The molecular weight excluding hydrogens is 376 g/mol. The number of amides is 2. The third kappa shape index (κ3) is 5.63. The molecule has 1 fully saturated rings. The van der Waals surface area contributed by atoms with Crippen molar-refractivity contribution < 1.29 is 19.0 Å². The average molecular weight is 400 g/mol. The van der Waals surface area contributed by atoms with Gasteiger partial charge in [0.05, 0.1) is 4.92 Å². The quantitative estimate of drug-likeness (QED) is 0.561. The molecule has 0 saturated heterocycles. The van der Waals surface area contributed by atoms with Crippen molar-refractivity contribution in [1.82, 2.24) is 10.1 Å². The van der Waals surface area contributed by atoms with Crippen LogP contribution in [0, 0.1) is 23.0 Å². The Kier molecular flexibility index (Phi) is 6.58. The van der Waals surface area contributed by atoms with E-state index in [1.165, 1.54) is 35.6 Å². The Balaban J connectivity index is 1.72. The molecule has 1 aliphatic carbocycles. The number of nitro benzene ring substituents is 1. The molecule has 0 radical (unpaired) electrons. The summed E-state index contributed by atoms with van der Waals surface area (Å²) in [5.41, 5.74) is 0.232. The summed E-state index contributed by atoms with van der Waals surface area (Å²) in [6.45, 7) is 2.06. The number of carbonyl (C=O) groups excluding carboxylic acids is 2. The minimum Gasteiger partial charge on any atom is -0.360 e. The first kappa shape index (κ1) is 20.5. The smallest absolute Gasteiger partial charge is 0.269 e. The normalized spacial score (nSPS) is 14.4. The van der Waals surface area contributed by atoms with Gasteiger partial charge in [-0.05, 0) is 37.8 Å². The van der Waals surface area contributed by atoms with Crippen LogP contribution in [0.4, 0.5) is 11.5 Å². The van der Waals surface area contributed by atoms with Gasteiger partial charge in [-0.2, -0.15) is 0 Å². The van der Waals surface area contributed by atoms with Crippen molar-refractivity contribution in [2.45, 2.75) is 39.0 Å².